The van der Waals surface area contributed by atoms with E-state index in [1.54, 1.807) is 59.4 Å². The summed E-state index contributed by atoms with van der Waals surface area (Å²) >= 11 is 0. The second-order valence-electron chi connectivity index (χ2n) is 29.6. The summed E-state index contributed by atoms with van der Waals surface area (Å²) < 4.78 is 61.1. The summed E-state index contributed by atoms with van der Waals surface area (Å²) in [5, 5.41) is 0. The van der Waals surface area contributed by atoms with Crippen molar-refractivity contribution in [3.05, 3.63) is 384 Å². The van der Waals surface area contributed by atoms with Gasteiger partial charge in [-0.3, -0.25) is 0 Å². The first kappa shape index (κ1) is 92.7. The molecule has 28 heteroatoms. The number of ether oxygens (including phenoxy) is 10. The van der Waals surface area contributed by atoms with Crippen LogP contribution in [0.4, 0.5) is 28.8 Å². The lowest BCUT2D eigenvalue weighted by Crippen LogP contribution is -2.16. The Morgan fingerprint density at radius 3 is 1.15 bits per heavy atom. The molecule has 0 fully saturated rings. The molecular weight excluding hydrogens is 1650 g/mol. The van der Waals surface area contributed by atoms with Gasteiger partial charge in [-0.2, -0.15) is 0 Å². The topological polar surface area (TPSA) is 302 Å². The summed E-state index contributed by atoms with van der Waals surface area (Å²) in [5.74, 6) is 5.71. The van der Waals surface area contributed by atoms with E-state index >= 15 is 0 Å². The van der Waals surface area contributed by atoms with Gasteiger partial charge in [-0.25, -0.2) is 86.1 Å². The molecule has 0 aliphatic rings. The Labute approximate surface area is 751 Å². The van der Waals surface area contributed by atoms with E-state index in [1.807, 2.05) is 321 Å². The first-order valence-corrected chi connectivity index (χ1v) is 41.3. The van der Waals surface area contributed by atoms with Gasteiger partial charge in [0.05, 0.1) is 67.2 Å². The maximum absolute atomic E-state index is 12.4. The van der Waals surface area contributed by atoms with E-state index in [0.717, 1.165) is 123 Å². The molecule has 0 radical (unpaired) electrons. The molecule has 28 nitrogen and oxygen atoms in total. The lowest BCUT2D eigenvalue weighted by molar-refractivity contribution is 0.139. The van der Waals surface area contributed by atoms with Gasteiger partial charge in [-0.1, -0.05) is 202 Å². The van der Waals surface area contributed by atoms with Crippen molar-refractivity contribution < 1.29 is 76.1 Å². The molecule has 0 unspecified atom stereocenters. The maximum Gasteiger partial charge on any atom is 0.420 e. The standard InChI is InChI=1S/C19H18N2O3.C18H16N2O3.C18H18N2O2.C16H14N2O3.C16H14N2O2.C15H18N2O3/c1-14-12-21(18(20-14)16-6-4-3-5-7-16)19(22)24-13-15-8-10-17(23-2)11-9-15;1-22-16-9-7-14(8-10-16)13-23-18(21)20-12-11-19-17(20)15-5-3-2-4-6-15;1-12-9-16-17(10-13(12)2)20(14(3)19-16)18(21)22-11-15-7-5-4-6-8-15;1-20-13-8-6-12(7-9-13)10-21-16(19)18-11-17-14-4-2-3-5-15(14)18;1-12-7-8-15-14(9-12)17-11-18(15)16(19)20-10-13-5-3-2-4-6-13;1-11(2)14-16-8-9-17(14)15(18)20-10-12-4-6-13(19-3)7-5-12/h3-12H,13H2,1-2H3;2-12H,13H2,1H3;4-10H,11H2,1-3H3;2-9,11H,10H2,1H3;2-9,11H,10H2,1H3;4-9,11H,10H2,1-3H3. The van der Waals surface area contributed by atoms with Crippen LogP contribution in [-0.4, -0.2) is 122 Å². The minimum atomic E-state index is -0.461. The van der Waals surface area contributed by atoms with E-state index in [0.29, 0.717) is 23.3 Å². The van der Waals surface area contributed by atoms with Crippen LogP contribution in [-0.2, 0) is 68.1 Å². The van der Waals surface area contributed by atoms with Crippen LogP contribution in [0.1, 0.15) is 87.2 Å². The molecule has 0 bridgehead atoms. The molecular formula is C102H98N12O16. The fourth-order valence-corrected chi connectivity index (χ4v) is 13.0. The van der Waals surface area contributed by atoms with E-state index in [-0.39, 0.29) is 45.6 Å². The van der Waals surface area contributed by atoms with Crippen molar-refractivity contribution in [1.82, 2.24) is 57.3 Å². The predicted molar refractivity (Wildman–Crippen MR) is 493 cm³/mol. The summed E-state index contributed by atoms with van der Waals surface area (Å²) in [5.41, 5.74) is 16.1. The number of hydrogen-bond donors (Lipinski definition) is 0. The number of aryl methyl sites for hydroxylation is 5. The Hall–Kier alpha value is -16.5. The Bertz CT molecular complexity index is 6570. The summed E-state index contributed by atoms with van der Waals surface area (Å²) in [7, 11) is 6.45. The average molecular weight is 1750 g/mol. The molecule has 662 valence electrons. The zero-order valence-corrected chi connectivity index (χ0v) is 73.7. The van der Waals surface area contributed by atoms with E-state index in [2.05, 4.69) is 29.9 Å². The van der Waals surface area contributed by atoms with Gasteiger partial charge in [-0.05, 0) is 170 Å². The smallest absolute Gasteiger partial charge is 0.420 e. The van der Waals surface area contributed by atoms with Crippen molar-refractivity contribution in [1.29, 1.82) is 0 Å². The zero-order chi connectivity index (χ0) is 91.8. The lowest BCUT2D eigenvalue weighted by atomic mass is 10.1. The minimum absolute atomic E-state index is 0.165. The number of para-hydroxylation sites is 2. The van der Waals surface area contributed by atoms with Crippen LogP contribution >= 0.6 is 0 Å². The molecule has 0 saturated carbocycles. The van der Waals surface area contributed by atoms with Crippen LogP contribution in [0.15, 0.2) is 317 Å². The summed E-state index contributed by atoms with van der Waals surface area (Å²) in [6, 6.07) is 85.0. The molecule has 0 aliphatic carbocycles. The van der Waals surface area contributed by atoms with Gasteiger partial charge in [0.15, 0.2) is 0 Å². The lowest BCUT2D eigenvalue weighted by Gasteiger charge is -2.10. The molecule has 6 heterocycles. The number of rotatable bonds is 19. The number of imidazole rings is 6. The highest BCUT2D eigenvalue weighted by atomic mass is 16.6. The van der Waals surface area contributed by atoms with E-state index < -0.39 is 36.6 Å². The second kappa shape index (κ2) is 45.9. The first-order valence-electron chi connectivity index (χ1n) is 41.3. The maximum atomic E-state index is 12.4. The molecule has 0 amide bonds. The number of carbonyl (C=O) groups is 6. The van der Waals surface area contributed by atoms with Gasteiger partial charge in [0.1, 0.15) is 98.6 Å². The summed E-state index contributed by atoms with van der Waals surface area (Å²) in [6.45, 7) is 15.0. The molecule has 6 aromatic heterocycles. The third-order valence-corrected chi connectivity index (χ3v) is 20.0. The molecule has 11 aromatic carbocycles. The third kappa shape index (κ3) is 25.4. The normalized spacial score (nSPS) is 10.6. The van der Waals surface area contributed by atoms with Crippen molar-refractivity contribution in [3.63, 3.8) is 0 Å². The van der Waals surface area contributed by atoms with E-state index in [1.165, 1.54) is 40.1 Å². The molecule has 0 N–H and O–H groups in total. The highest BCUT2D eigenvalue weighted by molar-refractivity contribution is 5.90. The number of hydrogen-bond acceptors (Lipinski definition) is 22. The van der Waals surface area contributed by atoms with Crippen LogP contribution < -0.4 is 18.9 Å². The predicted octanol–water partition coefficient (Wildman–Crippen LogP) is 21.9. The van der Waals surface area contributed by atoms with Crippen LogP contribution in [0.3, 0.4) is 0 Å². The largest absolute Gasteiger partial charge is 0.497 e. The molecule has 17 rings (SSSR count). The van der Waals surface area contributed by atoms with Crippen LogP contribution in [0, 0.1) is 34.6 Å². The van der Waals surface area contributed by atoms with Gasteiger partial charge >= 0.3 is 36.6 Å². The second-order valence-corrected chi connectivity index (χ2v) is 29.6. The van der Waals surface area contributed by atoms with Gasteiger partial charge in [-0.15, -0.1) is 0 Å². The number of fused-ring (bicyclic) bond motifs is 3. The Kier molecular flexibility index (Phi) is 32.7. The van der Waals surface area contributed by atoms with Crippen molar-refractivity contribution in [2.24, 2.45) is 0 Å². The summed E-state index contributed by atoms with van der Waals surface area (Å²) in [4.78, 5) is 98.9. The number of nitrogens with zero attached hydrogens (tertiary/aromatic N) is 12. The van der Waals surface area contributed by atoms with Gasteiger partial charge in [0.2, 0.25) is 0 Å². The molecule has 130 heavy (non-hydrogen) atoms. The number of carbonyl (C=O) groups excluding carboxylic acids is 6. The molecule has 0 spiro atoms. The van der Waals surface area contributed by atoms with Crippen LogP contribution in [0.5, 0.6) is 23.0 Å². The Morgan fingerprint density at radius 1 is 0.315 bits per heavy atom. The van der Waals surface area contributed by atoms with Crippen LogP contribution in [0.2, 0.25) is 0 Å². The number of benzene rings is 11. The number of aromatic nitrogens is 12. The zero-order valence-electron chi connectivity index (χ0n) is 73.7. The Morgan fingerprint density at radius 2 is 0.685 bits per heavy atom. The number of methoxy groups -OCH3 is 4. The van der Waals surface area contributed by atoms with Gasteiger partial charge in [0, 0.05) is 48.0 Å². The molecule has 0 saturated heterocycles. The highest BCUT2D eigenvalue weighted by Gasteiger charge is 2.21. The first-order chi connectivity index (χ1) is 63.1. The molecule has 17 aromatic rings. The van der Waals surface area contributed by atoms with Crippen LogP contribution in [0.25, 0.3) is 55.9 Å². The van der Waals surface area contributed by atoms with Gasteiger partial charge in [0.25, 0.3) is 0 Å². The van der Waals surface area contributed by atoms with Crippen molar-refractivity contribution >= 4 is 69.7 Å². The Balaban J connectivity index is 0.000000141. The van der Waals surface area contributed by atoms with Crippen molar-refractivity contribution in [2.45, 2.75) is 94.0 Å². The van der Waals surface area contributed by atoms with E-state index in [9.17, 15) is 28.8 Å². The van der Waals surface area contributed by atoms with Crippen molar-refractivity contribution in [3.8, 4) is 45.8 Å². The minimum Gasteiger partial charge on any atom is -0.497 e. The average Bonchev–Trinajstić information content (AvgIpc) is 1.63. The molecule has 0 aliphatic heterocycles. The molecule has 0 atom stereocenters. The van der Waals surface area contributed by atoms with Gasteiger partial charge < -0.3 is 47.4 Å². The highest BCUT2D eigenvalue weighted by Crippen LogP contribution is 2.26. The third-order valence-electron chi connectivity index (χ3n) is 20.0. The van der Waals surface area contributed by atoms with E-state index in [4.69, 9.17) is 47.4 Å². The summed E-state index contributed by atoms with van der Waals surface area (Å²) in [6.07, 6.45) is 8.46. The SMILES string of the molecule is COc1ccc(COC(=O)n2cc(C)nc2-c2ccccc2)cc1.COc1ccc(COC(=O)n2ccnc2-c2ccccc2)cc1.COc1ccc(COC(=O)n2ccnc2C(C)C)cc1.COc1ccc(COC(=O)n2cnc3ccccc32)cc1.Cc1cc2nc(C)n(C(=O)OCc3ccccc3)c2cc1C.Cc1ccc2c(c1)ncn2C(=O)OCc1ccccc1. The monoisotopic (exact) mass is 1750 g/mol. The fourth-order valence-electron chi connectivity index (χ4n) is 13.0. The quantitative estimate of drug-likeness (QED) is 0.0679. The van der Waals surface area contributed by atoms with Crippen molar-refractivity contribution in [2.75, 3.05) is 28.4 Å². The fraction of sp³-hybridized carbons (Fsp3) is 0.176.